The van der Waals surface area contributed by atoms with E-state index in [4.69, 9.17) is 0 Å². The lowest BCUT2D eigenvalue weighted by molar-refractivity contribution is -0.223. The first-order chi connectivity index (χ1) is 19.8. The number of amides is 2. The molecule has 1 aromatic rings. The van der Waals surface area contributed by atoms with Gasteiger partial charge in [-0.25, -0.2) is 0 Å². The normalized spacial score (nSPS) is 43.9. The second kappa shape index (κ2) is 10.2. The summed E-state index contributed by atoms with van der Waals surface area (Å²) in [5.74, 6) is 2.20. The minimum Gasteiger partial charge on any atom is -0.311 e. The van der Waals surface area contributed by atoms with Crippen molar-refractivity contribution in [1.82, 2.24) is 21.2 Å². The fourth-order valence-corrected chi connectivity index (χ4v) is 12.3. The zero-order chi connectivity index (χ0) is 30.1. The highest BCUT2D eigenvalue weighted by Crippen LogP contribution is 2.76. The Morgan fingerprint density at radius 3 is 2.33 bits per heavy atom. The van der Waals surface area contributed by atoms with Crippen molar-refractivity contribution in [3.8, 4) is 0 Å². The number of nitrogens with zero attached hydrogens (tertiary/aromatic N) is 1. The fraction of sp³-hybridized carbons (Fsp3) is 0.750. The quantitative estimate of drug-likeness (QED) is 0.273. The van der Waals surface area contributed by atoms with Gasteiger partial charge in [0, 0.05) is 23.5 Å². The number of hydrogen-bond donors (Lipinski definition) is 3. The molecule has 1 aliphatic heterocycles. The van der Waals surface area contributed by atoms with Crippen LogP contribution in [0.4, 0.5) is 0 Å². The van der Waals surface area contributed by atoms with E-state index in [-0.39, 0.29) is 34.1 Å². The van der Waals surface area contributed by atoms with E-state index in [0.29, 0.717) is 34.7 Å². The van der Waals surface area contributed by atoms with Crippen molar-refractivity contribution in [1.29, 1.82) is 0 Å². The summed E-state index contributed by atoms with van der Waals surface area (Å²) in [6.07, 6.45) is 14.6. The van der Waals surface area contributed by atoms with Gasteiger partial charge in [-0.15, -0.1) is 0 Å². The Kier molecular flexibility index (Phi) is 7.23. The molecule has 0 unspecified atom stereocenters. The van der Waals surface area contributed by atoms with Gasteiger partial charge in [-0.3, -0.25) is 25.4 Å². The van der Waals surface area contributed by atoms with Gasteiger partial charge in [0.1, 0.15) is 0 Å². The van der Waals surface area contributed by atoms with Gasteiger partial charge in [0.2, 0.25) is 5.91 Å². The minimum atomic E-state index is -0.460. The predicted octanol–water partition coefficient (Wildman–Crippen LogP) is 6.84. The number of hydrogen-bond acceptors (Lipinski definition) is 4. The highest BCUT2D eigenvalue weighted by atomic mass is 16.2. The summed E-state index contributed by atoms with van der Waals surface area (Å²) in [6, 6.07) is 3.34. The van der Waals surface area contributed by atoms with Crippen molar-refractivity contribution in [2.45, 2.75) is 111 Å². The molecule has 2 heterocycles. The van der Waals surface area contributed by atoms with Crippen molar-refractivity contribution < 1.29 is 9.59 Å². The lowest BCUT2D eigenvalue weighted by atomic mass is 9.33. The van der Waals surface area contributed by atoms with Gasteiger partial charge in [0.05, 0.1) is 5.41 Å². The summed E-state index contributed by atoms with van der Waals surface area (Å²) in [4.78, 5) is 31.0. The fourth-order valence-electron chi connectivity index (χ4n) is 12.3. The number of carbonyl (C=O) groups is 2. The summed E-state index contributed by atoms with van der Waals surface area (Å²) in [5, 5.41) is 3.93. The van der Waals surface area contributed by atoms with Gasteiger partial charge in [-0.05, 0) is 149 Å². The molecule has 0 bridgehead atoms. The van der Waals surface area contributed by atoms with Crippen LogP contribution in [0.25, 0.3) is 0 Å². The van der Waals surface area contributed by atoms with Crippen molar-refractivity contribution in [2.75, 3.05) is 6.54 Å². The van der Waals surface area contributed by atoms with Gasteiger partial charge < -0.3 is 5.32 Å². The van der Waals surface area contributed by atoms with Crippen LogP contribution in [-0.4, -0.2) is 28.9 Å². The van der Waals surface area contributed by atoms with Gasteiger partial charge in [-0.1, -0.05) is 32.9 Å². The van der Waals surface area contributed by atoms with E-state index >= 15 is 0 Å². The van der Waals surface area contributed by atoms with Crippen molar-refractivity contribution in [3.05, 3.63) is 42.2 Å². The average Bonchev–Trinajstić information content (AvgIpc) is 3.31. The molecule has 6 nitrogen and oxygen atoms in total. The standard InChI is InChI=1S/C36H54N4O2/c1-23(2)25-11-17-36(31(42)40-39-30(41)24-13-21-37-22-14-24)19-18-34(6)26(29(25)36)9-10-28-33(5)15-8-20-38-32(3,4)27(33)12-16-35(28,34)7/h13-14,21-22,25-29,38H,1,8-12,15-20H2,2-7H3,(H,39,41)(H,40,42)/t25-,26+,27-,28+,29+,33-,34+,35+,36-/m0/s1. The molecule has 0 spiro atoms. The van der Waals surface area contributed by atoms with Crippen LogP contribution in [0.15, 0.2) is 36.7 Å². The Morgan fingerprint density at radius 2 is 1.62 bits per heavy atom. The van der Waals surface area contributed by atoms with Crippen LogP contribution < -0.4 is 16.2 Å². The lowest BCUT2D eigenvalue weighted by Gasteiger charge is -2.71. The molecular formula is C36H54N4O2. The zero-order valence-electron chi connectivity index (χ0n) is 26.9. The third kappa shape index (κ3) is 4.17. The molecule has 1 saturated heterocycles. The number of rotatable bonds is 3. The van der Waals surface area contributed by atoms with Crippen LogP contribution in [0, 0.1) is 51.2 Å². The summed E-state index contributed by atoms with van der Waals surface area (Å²) in [7, 11) is 0. The SMILES string of the molecule is C=C(C)[C@@H]1CC[C@]2(C(=O)NNC(=O)c3ccncc3)CC[C@]3(C)[C@H](CC[C@@H]4[C@@]5(C)CCCNC(C)(C)[C@@H]5CC[C@]43C)[C@@H]12. The van der Waals surface area contributed by atoms with Gasteiger partial charge >= 0.3 is 0 Å². The first-order valence-corrected chi connectivity index (χ1v) is 16.7. The molecule has 0 aromatic carbocycles. The molecule has 2 amide bonds. The number of carbonyl (C=O) groups excluding carboxylic acids is 2. The highest BCUT2D eigenvalue weighted by molar-refractivity contribution is 5.96. The number of aromatic nitrogens is 1. The number of allylic oxidation sites excluding steroid dienone is 1. The maximum absolute atomic E-state index is 14.2. The Morgan fingerprint density at radius 1 is 0.881 bits per heavy atom. The summed E-state index contributed by atoms with van der Waals surface area (Å²) >= 11 is 0. The Bertz CT molecular complexity index is 1250. The van der Waals surface area contributed by atoms with E-state index in [2.05, 4.69) is 69.3 Å². The molecular weight excluding hydrogens is 520 g/mol. The Balaban J connectivity index is 1.31. The van der Waals surface area contributed by atoms with E-state index < -0.39 is 5.41 Å². The van der Waals surface area contributed by atoms with E-state index in [1.165, 1.54) is 44.1 Å². The molecule has 9 atom stereocenters. The smallest absolute Gasteiger partial charge is 0.269 e. The third-order valence-corrected chi connectivity index (χ3v) is 14.4. The third-order valence-electron chi connectivity index (χ3n) is 14.4. The lowest BCUT2D eigenvalue weighted by Crippen LogP contribution is -2.67. The van der Waals surface area contributed by atoms with Crippen LogP contribution in [-0.2, 0) is 4.79 Å². The van der Waals surface area contributed by atoms with Gasteiger partial charge in [0.15, 0.2) is 0 Å². The second-order valence-electron chi connectivity index (χ2n) is 16.2. The van der Waals surface area contributed by atoms with Gasteiger partial charge in [-0.2, -0.15) is 0 Å². The molecule has 5 aliphatic rings. The molecule has 0 radical (unpaired) electrons. The molecule has 4 aliphatic carbocycles. The Hall–Kier alpha value is -2.21. The minimum absolute atomic E-state index is 0.000227. The summed E-state index contributed by atoms with van der Waals surface area (Å²) < 4.78 is 0. The average molecular weight is 575 g/mol. The summed E-state index contributed by atoms with van der Waals surface area (Å²) in [6.45, 7) is 20.6. The first-order valence-electron chi connectivity index (χ1n) is 16.7. The molecule has 42 heavy (non-hydrogen) atoms. The van der Waals surface area contributed by atoms with Crippen molar-refractivity contribution in [3.63, 3.8) is 0 Å². The highest BCUT2D eigenvalue weighted by Gasteiger charge is 2.71. The Labute approximate surface area is 253 Å². The molecule has 3 N–H and O–H groups in total. The summed E-state index contributed by atoms with van der Waals surface area (Å²) in [5.41, 5.74) is 7.84. The largest absolute Gasteiger partial charge is 0.311 e. The monoisotopic (exact) mass is 574 g/mol. The molecule has 1 aromatic heterocycles. The molecule has 5 fully saturated rings. The van der Waals surface area contributed by atoms with Crippen LogP contribution >= 0.6 is 0 Å². The van der Waals surface area contributed by atoms with Gasteiger partial charge in [0.25, 0.3) is 5.91 Å². The predicted molar refractivity (Wildman–Crippen MR) is 167 cm³/mol. The second-order valence-corrected chi connectivity index (χ2v) is 16.2. The first kappa shape index (κ1) is 29.8. The molecule has 4 saturated carbocycles. The molecule has 6 heteroatoms. The van der Waals surface area contributed by atoms with Crippen molar-refractivity contribution >= 4 is 11.8 Å². The van der Waals surface area contributed by atoms with Crippen LogP contribution in [0.3, 0.4) is 0 Å². The topological polar surface area (TPSA) is 83.1 Å². The van der Waals surface area contributed by atoms with Crippen LogP contribution in [0.5, 0.6) is 0 Å². The zero-order valence-corrected chi connectivity index (χ0v) is 26.9. The maximum Gasteiger partial charge on any atom is 0.269 e. The van der Waals surface area contributed by atoms with E-state index in [1.54, 1.807) is 24.5 Å². The molecule has 230 valence electrons. The van der Waals surface area contributed by atoms with Crippen LogP contribution in [0.1, 0.15) is 116 Å². The molecule has 6 rings (SSSR count). The van der Waals surface area contributed by atoms with Crippen molar-refractivity contribution in [2.24, 2.45) is 51.2 Å². The maximum atomic E-state index is 14.2. The van der Waals surface area contributed by atoms with E-state index in [0.717, 1.165) is 32.2 Å². The van der Waals surface area contributed by atoms with E-state index in [1.807, 2.05) is 0 Å². The van der Waals surface area contributed by atoms with Crippen LogP contribution in [0.2, 0.25) is 0 Å². The number of fused-ring (bicyclic) bond motifs is 7. The van der Waals surface area contributed by atoms with E-state index in [9.17, 15) is 9.59 Å². The number of nitrogens with one attached hydrogen (secondary N) is 3. The number of hydrazine groups is 1. The number of pyridine rings is 1.